The third-order valence-electron chi connectivity index (χ3n) is 4.27. The van der Waals surface area contributed by atoms with Gasteiger partial charge in [-0.2, -0.15) is 5.10 Å². The molecule has 0 amide bonds. The second kappa shape index (κ2) is 4.74. The maximum Gasteiger partial charge on any atom is 0.142 e. The third-order valence-corrected chi connectivity index (χ3v) is 4.27. The quantitative estimate of drug-likeness (QED) is 0.618. The monoisotopic (exact) mass is 302 g/mol. The standard InChI is InChI=1S/C17H14N6/c1-2-7-19-12(4-1)16-15(14-5-3-9-23(14)22-16)17-20-11-6-8-18-10-13(11)21-17/h1-2,4,6-8,10H,3,5,9H2,(H,20,21). The van der Waals surface area contributed by atoms with Crippen LogP contribution in [0.1, 0.15) is 12.1 Å². The Morgan fingerprint density at radius 2 is 2.13 bits per heavy atom. The first-order valence-electron chi connectivity index (χ1n) is 7.71. The lowest BCUT2D eigenvalue weighted by atomic mass is 10.1. The van der Waals surface area contributed by atoms with E-state index in [0.717, 1.165) is 53.2 Å². The zero-order chi connectivity index (χ0) is 15.2. The van der Waals surface area contributed by atoms with Gasteiger partial charge in [0, 0.05) is 18.9 Å². The van der Waals surface area contributed by atoms with E-state index < -0.39 is 0 Å². The maximum atomic E-state index is 4.79. The molecule has 1 aliphatic heterocycles. The number of imidazole rings is 1. The Hall–Kier alpha value is -3.02. The van der Waals surface area contributed by atoms with Crippen LogP contribution in [0.3, 0.4) is 0 Å². The normalized spacial score (nSPS) is 13.6. The number of H-pyrrole nitrogens is 1. The summed E-state index contributed by atoms with van der Waals surface area (Å²) in [5, 5.41) is 4.79. The van der Waals surface area contributed by atoms with E-state index in [2.05, 4.69) is 19.6 Å². The molecular formula is C17H14N6. The van der Waals surface area contributed by atoms with Gasteiger partial charge < -0.3 is 4.98 Å². The van der Waals surface area contributed by atoms with E-state index in [1.165, 1.54) is 5.69 Å². The van der Waals surface area contributed by atoms with Crippen LogP contribution in [0, 0.1) is 0 Å². The highest BCUT2D eigenvalue weighted by Crippen LogP contribution is 2.35. The second-order valence-corrected chi connectivity index (χ2v) is 5.69. The van der Waals surface area contributed by atoms with E-state index in [1.54, 1.807) is 18.6 Å². The molecule has 23 heavy (non-hydrogen) atoms. The predicted molar refractivity (Wildman–Crippen MR) is 86.7 cm³/mol. The van der Waals surface area contributed by atoms with Gasteiger partial charge in [-0.3, -0.25) is 14.6 Å². The summed E-state index contributed by atoms with van der Waals surface area (Å²) >= 11 is 0. The number of nitrogens with zero attached hydrogens (tertiary/aromatic N) is 5. The number of aromatic nitrogens is 6. The lowest BCUT2D eigenvalue weighted by Crippen LogP contribution is -1.94. The van der Waals surface area contributed by atoms with Crippen LogP contribution < -0.4 is 0 Å². The van der Waals surface area contributed by atoms with Gasteiger partial charge >= 0.3 is 0 Å². The molecule has 1 N–H and O–H groups in total. The lowest BCUT2D eigenvalue weighted by molar-refractivity contribution is 0.658. The number of aromatic amines is 1. The first-order chi connectivity index (χ1) is 11.4. The Balaban J connectivity index is 1.78. The molecule has 0 radical (unpaired) electrons. The fourth-order valence-corrected chi connectivity index (χ4v) is 3.24. The number of aryl methyl sites for hydroxylation is 1. The number of nitrogens with one attached hydrogen (secondary N) is 1. The molecule has 0 unspecified atom stereocenters. The summed E-state index contributed by atoms with van der Waals surface area (Å²) in [4.78, 5) is 16.7. The Morgan fingerprint density at radius 3 is 3.00 bits per heavy atom. The highest BCUT2D eigenvalue weighted by molar-refractivity contribution is 5.84. The van der Waals surface area contributed by atoms with E-state index in [4.69, 9.17) is 10.1 Å². The summed E-state index contributed by atoms with van der Waals surface area (Å²) in [6.07, 6.45) is 7.49. The van der Waals surface area contributed by atoms with Crippen molar-refractivity contribution in [1.29, 1.82) is 0 Å². The molecule has 0 saturated heterocycles. The van der Waals surface area contributed by atoms with Crippen LogP contribution in [0.5, 0.6) is 0 Å². The predicted octanol–water partition coefficient (Wildman–Crippen LogP) is 2.83. The Morgan fingerprint density at radius 1 is 1.13 bits per heavy atom. The van der Waals surface area contributed by atoms with Crippen molar-refractivity contribution in [3.63, 3.8) is 0 Å². The molecule has 6 heteroatoms. The van der Waals surface area contributed by atoms with Gasteiger partial charge in [0.2, 0.25) is 0 Å². The molecule has 0 aliphatic carbocycles. The SMILES string of the molecule is c1ccc(-c2nn3c(c2-c2nc4cnccc4[nH]2)CCC3)nc1. The first-order valence-corrected chi connectivity index (χ1v) is 7.71. The van der Waals surface area contributed by atoms with E-state index in [-0.39, 0.29) is 0 Å². The summed E-state index contributed by atoms with van der Waals surface area (Å²) in [6.45, 7) is 0.955. The average Bonchev–Trinajstić information content (AvgIpc) is 3.28. The van der Waals surface area contributed by atoms with Crippen LogP contribution in [0.15, 0.2) is 42.9 Å². The number of rotatable bonds is 2. The molecule has 4 aromatic rings. The fraction of sp³-hybridized carbons (Fsp3) is 0.176. The van der Waals surface area contributed by atoms with Crippen molar-refractivity contribution in [1.82, 2.24) is 29.7 Å². The van der Waals surface area contributed by atoms with Crippen LogP contribution >= 0.6 is 0 Å². The molecule has 5 heterocycles. The molecule has 0 fully saturated rings. The number of hydrogen-bond acceptors (Lipinski definition) is 4. The minimum atomic E-state index is 0.844. The van der Waals surface area contributed by atoms with Crippen LogP contribution in [-0.2, 0) is 13.0 Å². The molecule has 5 rings (SSSR count). The largest absolute Gasteiger partial charge is 0.338 e. The van der Waals surface area contributed by atoms with Crippen molar-refractivity contribution < 1.29 is 0 Å². The topological polar surface area (TPSA) is 72.3 Å². The van der Waals surface area contributed by atoms with Crippen LogP contribution in [-0.4, -0.2) is 29.7 Å². The molecule has 0 spiro atoms. The Labute approximate surface area is 132 Å². The number of fused-ring (bicyclic) bond motifs is 2. The minimum absolute atomic E-state index is 0.844. The van der Waals surface area contributed by atoms with Crippen molar-refractivity contribution >= 4 is 11.0 Å². The summed E-state index contributed by atoms with van der Waals surface area (Å²) in [5.41, 5.74) is 5.93. The van der Waals surface area contributed by atoms with Crippen molar-refractivity contribution in [2.75, 3.05) is 0 Å². The summed E-state index contributed by atoms with van der Waals surface area (Å²) in [7, 11) is 0. The van der Waals surface area contributed by atoms with E-state index in [0.29, 0.717) is 0 Å². The number of pyridine rings is 2. The highest BCUT2D eigenvalue weighted by Gasteiger charge is 2.26. The molecule has 112 valence electrons. The Bertz CT molecular complexity index is 966. The zero-order valence-corrected chi connectivity index (χ0v) is 12.4. The first kappa shape index (κ1) is 12.5. The van der Waals surface area contributed by atoms with E-state index in [1.807, 2.05) is 24.3 Å². The van der Waals surface area contributed by atoms with Crippen molar-refractivity contribution in [2.45, 2.75) is 19.4 Å². The molecule has 0 aromatic carbocycles. The smallest absolute Gasteiger partial charge is 0.142 e. The van der Waals surface area contributed by atoms with Crippen molar-refractivity contribution in [3.05, 3.63) is 48.5 Å². The molecule has 0 bridgehead atoms. The van der Waals surface area contributed by atoms with Gasteiger partial charge in [0.05, 0.1) is 28.7 Å². The van der Waals surface area contributed by atoms with Crippen molar-refractivity contribution in [3.8, 4) is 22.8 Å². The Kier molecular flexibility index (Phi) is 2.58. The van der Waals surface area contributed by atoms with Gasteiger partial charge in [0.25, 0.3) is 0 Å². The summed E-state index contributed by atoms with van der Waals surface area (Å²) in [6, 6.07) is 7.83. The van der Waals surface area contributed by atoms with Gasteiger partial charge in [0.15, 0.2) is 0 Å². The van der Waals surface area contributed by atoms with E-state index in [9.17, 15) is 0 Å². The molecule has 0 saturated carbocycles. The molecular weight excluding hydrogens is 288 g/mol. The zero-order valence-electron chi connectivity index (χ0n) is 12.4. The van der Waals surface area contributed by atoms with Crippen LogP contribution in [0.2, 0.25) is 0 Å². The van der Waals surface area contributed by atoms with Crippen LogP contribution in [0.25, 0.3) is 33.8 Å². The van der Waals surface area contributed by atoms with Gasteiger partial charge in [-0.25, -0.2) is 4.98 Å². The maximum absolute atomic E-state index is 4.79. The van der Waals surface area contributed by atoms with Crippen molar-refractivity contribution in [2.24, 2.45) is 0 Å². The minimum Gasteiger partial charge on any atom is -0.338 e. The van der Waals surface area contributed by atoms with Gasteiger partial charge in [-0.1, -0.05) is 6.07 Å². The van der Waals surface area contributed by atoms with Gasteiger partial charge in [-0.15, -0.1) is 0 Å². The molecule has 0 atom stereocenters. The van der Waals surface area contributed by atoms with Gasteiger partial charge in [0.1, 0.15) is 17.0 Å². The molecule has 4 aromatic heterocycles. The third kappa shape index (κ3) is 1.88. The van der Waals surface area contributed by atoms with Gasteiger partial charge in [-0.05, 0) is 31.0 Å². The summed E-state index contributed by atoms with van der Waals surface area (Å²) in [5.74, 6) is 0.844. The van der Waals surface area contributed by atoms with E-state index >= 15 is 0 Å². The molecule has 1 aliphatic rings. The van der Waals surface area contributed by atoms with Crippen LogP contribution in [0.4, 0.5) is 0 Å². The fourth-order valence-electron chi connectivity index (χ4n) is 3.24. The highest BCUT2D eigenvalue weighted by atomic mass is 15.3. The lowest BCUT2D eigenvalue weighted by Gasteiger charge is -2.01. The molecule has 6 nitrogen and oxygen atoms in total. The number of hydrogen-bond donors (Lipinski definition) is 1. The summed E-state index contributed by atoms with van der Waals surface area (Å²) < 4.78 is 2.09. The second-order valence-electron chi connectivity index (χ2n) is 5.69. The average molecular weight is 302 g/mol.